The van der Waals surface area contributed by atoms with Crippen LogP contribution < -0.4 is 5.32 Å². The van der Waals surface area contributed by atoms with E-state index in [0.29, 0.717) is 18.9 Å². The summed E-state index contributed by atoms with van der Waals surface area (Å²) in [5, 5.41) is 2.41. The lowest BCUT2D eigenvalue weighted by Gasteiger charge is -2.15. The first-order valence-corrected chi connectivity index (χ1v) is 5.56. The predicted octanol–water partition coefficient (Wildman–Crippen LogP) is 3.16. The van der Waals surface area contributed by atoms with Crippen LogP contribution in [-0.4, -0.2) is 11.9 Å². The van der Waals surface area contributed by atoms with Crippen LogP contribution in [0.1, 0.15) is 37.0 Å². The molecule has 1 amide bonds. The molecule has 100 valence electrons. The fraction of sp³-hybridized carbons (Fsp3) is 0.417. The van der Waals surface area contributed by atoms with Crippen LogP contribution in [0.2, 0.25) is 0 Å². The standard InChI is InChI=1S/C12H13F4NO/c1-3-6(4-2)17-12(18)7-5-8(13)10(15)11(16)9(7)14/h5-6H,3-4H2,1-2H3,(H,17,18). The van der Waals surface area contributed by atoms with E-state index in [2.05, 4.69) is 5.32 Å². The third kappa shape index (κ3) is 2.80. The molecular weight excluding hydrogens is 250 g/mol. The first-order chi connectivity index (χ1) is 8.42. The van der Waals surface area contributed by atoms with E-state index >= 15 is 0 Å². The second-order valence-electron chi connectivity index (χ2n) is 3.83. The molecule has 0 heterocycles. The van der Waals surface area contributed by atoms with E-state index in [-0.39, 0.29) is 6.04 Å². The van der Waals surface area contributed by atoms with Gasteiger partial charge in [0.1, 0.15) is 0 Å². The Morgan fingerprint density at radius 1 is 1.11 bits per heavy atom. The molecule has 0 bridgehead atoms. The molecule has 0 spiro atoms. The molecule has 0 saturated heterocycles. The minimum absolute atomic E-state index is 0.229. The van der Waals surface area contributed by atoms with E-state index in [9.17, 15) is 22.4 Å². The number of carbonyl (C=O) groups excluding carboxylic acids is 1. The SMILES string of the molecule is CCC(CC)NC(=O)c1cc(F)c(F)c(F)c1F. The van der Waals surface area contributed by atoms with Gasteiger partial charge in [0.25, 0.3) is 5.91 Å². The van der Waals surface area contributed by atoms with Gasteiger partial charge in [0.15, 0.2) is 23.3 Å². The first kappa shape index (κ1) is 14.5. The molecule has 0 aliphatic carbocycles. The fourth-order valence-electron chi connectivity index (χ4n) is 1.49. The summed E-state index contributed by atoms with van der Waals surface area (Å²) in [7, 11) is 0. The molecule has 1 aromatic carbocycles. The molecule has 1 N–H and O–H groups in total. The van der Waals surface area contributed by atoms with Gasteiger partial charge in [-0.3, -0.25) is 4.79 Å². The lowest BCUT2D eigenvalue weighted by atomic mass is 10.1. The maximum Gasteiger partial charge on any atom is 0.254 e. The summed E-state index contributed by atoms with van der Waals surface area (Å²) < 4.78 is 51.9. The summed E-state index contributed by atoms with van der Waals surface area (Å²) in [6, 6.07) is 0.124. The van der Waals surface area contributed by atoms with Crippen LogP contribution in [0.3, 0.4) is 0 Å². The summed E-state index contributed by atoms with van der Waals surface area (Å²) in [4.78, 5) is 11.6. The van der Waals surface area contributed by atoms with Gasteiger partial charge >= 0.3 is 0 Å². The van der Waals surface area contributed by atoms with Gasteiger partial charge in [-0.05, 0) is 18.9 Å². The molecule has 0 atom stereocenters. The van der Waals surface area contributed by atoms with Crippen molar-refractivity contribution < 1.29 is 22.4 Å². The second kappa shape index (κ2) is 5.84. The Balaban J connectivity index is 3.07. The van der Waals surface area contributed by atoms with Crippen LogP contribution in [0.15, 0.2) is 6.07 Å². The fourth-order valence-corrected chi connectivity index (χ4v) is 1.49. The molecule has 0 unspecified atom stereocenters. The smallest absolute Gasteiger partial charge is 0.254 e. The van der Waals surface area contributed by atoms with Crippen LogP contribution in [0, 0.1) is 23.3 Å². The first-order valence-electron chi connectivity index (χ1n) is 5.56. The van der Waals surface area contributed by atoms with Crippen molar-refractivity contribution in [1.29, 1.82) is 0 Å². The molecule has 0 radical (unpaired) electrons. The van der Waals surface area contributed by atoms with E-state index in [1.807, 2.05) is 0 Å². The number of hydrogen-bond donors (Lipinski definition) is 1. The zero-order valence-electron chi connectivity index (χ0n) is 9.99. The van der Waals surface area contributed by atoms with Crippen molar-refractivity contribution in [2.24, 2.45) is 0 Å². The van der Waals surface area contributed by atoms with Crippen molar-refractivity contribution >= 4 is 5.91 Å². The quantitative estimate of drug-likeness (QED) is 0.504. The maximum absolute atomic E-state index is 13.3. The minimum Gasteiger partial charge on any atom is -0.349 e. The lowest BCUT2D eigenvalue weighted by Crippen LogP contribution is -2.34. The van der Waals surface area contributed by atoms with Gasteiger partial charge in [-0.25, -0.2) is 17.6 Å². The average molecular weight is 263 g/mol. The van der Waals surface area contributed by atoms with E-state index in [1.54, 1.807) is 13.8 Å². The lowest BCUT2D eigenvalue weighted by molar-refractivity contribution is 0.0928. The highest BCUT2D eigenvalue weighted by Crippen LogP contribution is 2.18. The van der Waals surface area contributed by atoms with Gasteiger partial charge in [-0.1, -0.05) is 13.8 Å². The van der Waals surface area contributed by atoms with Crippen LogP contribution in [0.5, 0.6) is 0 Å². The summed E-state index contributed by atoms with van der Waals surface area (Å²) in [5.74, 6) is -8.14. The number of rotatable bonds is 4. The molecular formula is C12H13F4NO. The van der Waals surface area contributed by atoms with E-state index < -0.39 is 34.7 Å². The Morgan fingerprint density at radius 2 is 1.67 bits per heavy atom. The Morgan fingerprint density at radius 3 is 2.17 bits per heavy atom. The van der Waals surface area contributed by atoms with Crippen molar-refractivity contribution in [2.75, 3.05) is 0 Å². The van der Waals surface area contributed by atoms with Gasteiger partial charge in [0.2, 0.25) is 0 Å². The molecule has 1 aromatic rings. The largest absolute Gasteiger partial charge is 0.349 e. The van der Waals surface area contributed by atoms with Crippen molar-refractivity contribution in [3.05, 3.63) is 34.9 Å². The minimum atomic E-state index is -1.98. The Labute approximate surface area is 102 Å². The third-order valence-electron chi connectivity index (χ3n) is 2.67. The van der Waals surface area contributed by atoms with Crippen LogP contribution in [0.4, 0.5) is 17.6 Å². The molecule has 6 heteroatoms. The van der Waals surface area contributed by atoms with Crippen molar-refractivity contribution in [3.8, 4) is 0 Å². The van der Waals surface area contributed by atoms with E-state index in [4.69, 9.17) is 0 Å². The van der Waals surface area contributed by atoms with E-state index in [1.165, 1.54) is 0 Å². The van der Waals surface area contributed by atoms with Gasteiger partial charge in [0.05, 0.1) is 5.56 Å². The predicted molar refractivity (Wildman–Crippen MR) is 58.1 cm³/mol. The Bertz CT molecular complexity index is 458. The van der Waals surface area contributed by atoms with Crippen LogP contribution in [0.25, 0.3) is 0 Å². The van der Waals surface area contributed by atoms with Gasteiger partial charge in [-0.15, -0.1) is 0 Å². The summed E-state index contributed by atoms with van der Waals surface area (Å²) in [5.41, 5.74) is -0.835. The monoisotopic (exact) mass is 263 g/mol. The highest BCUT2D eigenvalue weighted by molar-refractivity contribution is 5.94. The zero-order valence-corrected chi connectivity index (χ0v) is 9.99. The molecule has 2 nitrogen and oxygen atoms in total. The van der Waals surface area contributed by atoms with Gasteiger partial charge in [0, 0.05) is 6.04 Å². The molecule has 1 rings (SSSR count). The van der Waals surface area contributed by atoms with Crippen molar-refractivity contribution in [1.82, 2.24) is 5.32 Å². The highest BCUT2D eigenvalue weighted by Gasteiger charge is 2.23. The maximum atomic E-state index is 13.3. The highest BCUT2D eigenvalue weighted by atomic mass is 19.2. The Kier molecular flexibility index (Phi) is 4.69. The zero-order chi connectivity index (χ0) is 13.9. The molecule has 0 saturated carbocycles. The number of nitrogens with one attached hydrogen (secondary N) is 1. The van der Waals surface area contributed by atoms with Crippen molar-refractivity contribution in [3.63, 3.8) is 0 Å². The second-order valence-corrected chi connectivity index (χ2v) is 3.83. The normalized spacial score (nSPS) is 10.8. The molecule has 0 fully saturated rings. The van der Waals surface area contributed by atoms with E-state index in [0.717, 1.165) is 0 Å². The molecule has 0 aromatic heterocycles. The number of benzene rings is 1. The number of amides is 1. The van der Waals surface area contributed by atoms with Gasteiger partial charge in [-0.2, -0.15) is 0 Å². The topological polar surface area (TPSA) is 29.1 Å². The molecule has 0 aliphatic rings. The summed E-state index contributed by atoms with van der Waals surface area (Å²) >= 11 is 0. The molecule has 0 aliphatic heterocycles. The number of halogens is 4. The average Bonchev–Trinajstić information content (AvgIpc) is 2.37. The Hall–Kier alpha value is -1.59. The van der Waals surface area contributed by atoms with Crippen molar-refractivity contribution in [2.45, 2.75) is 32.7 Å². The van der Waals surface area contributed by atoms with Crippen LogP contribution in [-0.2, 0) is 0 Å². The number of hydrogen-bond acceptors (Lipinski definition) is 1. The van der Waals surface area contributed by atoms with Gasteiger partial charge < -0.3 is 5.32 Å². The molecule has 18 heavy (non-hydrogen) atoms. The summed E-state index contributed by atoms with van der Waals surface area (Å²) in [6.07, 6.45) is 1.19. The third-order valence-corrected chi connectivity index (χ3v) is 2.67. The van der Waals surface area contributed by atoms with Crippen LogP contribution >= 0.6 is 0 Å². The summed E-state index contributed by atoms with van der Waals surface area (Å²) in [6.45, 7) is 3.60. The number of carbonyl (C=O) groups is 1.